The lowest BCUT2D eigenvalue weighted by atomic mass is 10.1. The Kier molecular flexibility index (Phi) is 1.73. The van der Waals surface area contributed by atoms with Crippen molar-refractivity contribution in [3.63, 3.8) is 0 Å². The van der Waals surface area contributed by atoms with E-state index >= 15 is 0 Å². The van der Waals surface area contributed by atoms with Crippen molar-refractivity contribution in [1.29, 1.82) is 0 Å². The maximum atomic E-state index is 5.37. The molecule has 0 aromatic heterocycles. The molecular formula is C6H11NOS. The monoisotopic (exact) mass is 145 g/mol. The van der Waals surface area contributed by atoms with Crippen LogP contribution in [0.5, 0.6) is 0 Å². The van der Waals surface area contributed by atoms with Crippen LogP contribution in [0.15, 0.2) is 0 Å². The Morgan fingerprint density at radius 1 is 1.67 bits per heavy atom. The van der Waals surface area contributed by atoms with E-state index in [2.05, 4.69) is 5.32 Å². The van der Waals surface area contributed by atoms with Crippen LogP contribution in [0.3, 0.4) is 0 Å². The summed E-state index contributed by atoms with van der Waals surface area (Å²) in [5, 5.41) is 3.08. The smallest absolute Gasteiger partial charge is 0.112 e. The van der Waals surface area contributed by atoms with Gasteiger partial charge in [0.25, 0.3) is 0 Å². The van der Waals surface area contributed by atoms with Crippen molar-refractivity contribution < 1.29 is 4.74 Å². The average Bonchev–Trinajstić information content (AvgIpc) is 1.77. The first kappa shape index (κ1) is 6.96. The predicted molar refractivity (Wildman–Crippen MR) is 40.6 cm³/mol. The van der Waals surface area contributed by atoms with E-state index in [1.54, 1.807) is 0 Å². The van der Waals surface area contributed by atoms with Crippen LogP contribution in [0.1, 0.15) is 13.8 Å². The van der Waals surface area contributed by atoms with E-state index in [0.717, 1.165) is 18.1 Å². The van der Waals surface area contributed by atoms with Gasteiger partial charge in [-0.05, 0) is 13.8 Å². The number of ether oxygens (including phenoxy) is 1. The van der Waals surface area contributed by atoms with Crippen LogP contribution in [0.4, 0.5) is 0 Å². The zero-order chi connectivity index (χ0) is 6.91. The normalized spacial score (nSPS) is 25.3. The first-order valence-corrected chi connectivity index (χ1v) is 3.46. The van der Waals surface area contributed by atoms with Crippen molar-refractivity contribution >= 4 is 17.2 Å². The molecule has 2 nitrogen and oxygen atoms in total. The van der Waals surface area contributed by atoms with Gasteiger partial charge >= 0.3 is 0 Å². The molecule has 0 saturated carbocycles. The molecule has 0 atom stereocenters. The van der Waals surface area contributed by atoms with Crippen molar-refractivity contribution in [3.05, 3.63) is 0 Å². The van der Waals surface area contributed by atoms with Crippen molar-refractivity contribution in [2.24, 2.45) is 0 Å². The topological polar surface area (TPSA) is 21.3 Å². The third kappa shape index (κ3) is 1.40. The molecule has 0 bridgehead atoms. The summed E-state index contributed by atoms with van der Waals surface area (Å²) in [6.07, 6.45) is 0. The third-order valence-electron chi connectivity index (χ3n) is 1.40. The number of thiocarbonyl (C=S) groups is 1. The van der Waals surface area contributed by atoms with Gasteiger partial charge in [0.2, 0.25) is 0 Å². The van der Waals surface area contributed by atoms with Gasteiger partial charge in [0.15, 0.2) is 0 Å². The lowest BCUT2D eigenvalue weighted by molar-refractivity contribution is 0.0239. The Bertz CT molecular complexity index is 133. The third-order valence-corrected chi connectivity index (χ3v) is 2.03. The van der Waals surface area contributed by atoms with Crippen LogP contribution >= 0.6 is 12.2 Å². The standard InChI is InChI=1S/C6H11NOS/c1-6(2)5(9)7-3-4-8-6/h3-4H2,1-2H3,(H,7,9). The maximum absolute atomic E-state index is 5.37. The van der Waals surface area contributed by atoms with Crippen molar-refractivity contribution in [2.75, 3.05) is 13.2 Å². The molecule has 0 spiro atoms. The first-order chi connectivity index (χ1) is 4.13. The van der Waals surface area contributed by atoms with Gasteiger partial charge in [-0.3, -0.25) is 0 Å². The molecule has 1 saturated heterocycles. The molecule has 1 aliphatic heterocycles. The fourth-order valence-corrected chi connectivity index (χ4v) is 0.910. The SMILES string of the molecule is CC1(C)OCCNC1=S. The molecular weight excluding hydrogens is 134 g/mol. The summed E-state index contributed by atoms with van der Waals surface area (Å²) in [6, 6.07) is 0. The lowest BCUT2D eigenvalue weighted by Gasteiger charge is -2.31. The summed E-state index contributed by atoms with van der Waals surface area (Å²) in [7, 11) is 0. The van der Waals surface area contributed by atoms with Crippen LogP contribution in [-0.2, 0) is 4.74 Å². The highest BCUT2D eigenvalue weighted by Gasteiger charge is 2.26. The molecule has 1 rings (SSSR count). The van der Waals surface area contributed by atoms with Crippen molar-refractivity contribution in [1.82, 2.24) is 5.32 Å². The van der Waals surface area contributed by atoms with Crippen LogP contribution in [0.25, 0.3) is 0 Å². The van der Waals surface area contributed by atoms with Crippen LogP contribution in [-0.4, -0.2) is 23.7 Å². The molecule has 0 aromatic carbocycles. The molecule has 1 N–H and O–H groups in total. The Morgan fingerprint density at radius 3 is 2.67 bits per heavy atom. The van der Waals surface area contributed by atoms with Gasteiger partial charge < -0.3 is 10.1 Å². The highest BCUT2D eigenvalue weighted by molar-refractivity contribution is 7.80. The largest absolute Gasteiger partial charge is 0.375 e. The van der Waals surface area contributed by atoms with Crippen LogP contribution in [0.2, 0.25) is 0 Å². The zero-order valence-electron chi connectivity index (χ0n) is 5.73. The second kappa shape index (κ2) is 2.23. The minimum absolute atomic E-state index is 0.242. The van der Waals surface area contributed by atoms with E-state index in [-0.39, 0.29) is 5.60 Å². The van der Waals surface area contributed by atoms with Crippen LogP contribution in [0, 0.1) is 0 Å². The average molecular weight is 145 g/mol. The summed E-state index contributed by atoms with van der Waals surface area (Å²) in [6.45, 7) is 5.55. The minimum atomic E-state index is -0.242. The van der Waals surface area contributed by atoms with Crippen LogP contribution < -0.4 is 5.32 Å². The van der Waals surface area contributed by atoms with Crippen molar-refractivity contribution in [3.8, 4) is 0 Å². The first-order valence-electron chi connectivity index (χ1n) is 3.05. The molecule has 0 unspecified atom stereocenters. The number of rotatable bonds is 0. The van der Waals surface area contributed by atoms with E-state index in [0.29, 0.717) is 0 Å². The molecule has 0 aliphatic carbocycles. The van der Waals surface area contributed by atoms with E-state index < -0.39 is 0 Å². The van der Waals surface area contributed by atoms with Gasteiger partial charge in [0.05, 0.1) is 6.61 Å². The van der Waals surface area contributed by atoms with Gasteiger partial charge in [-0.1, -0.05) is 12.2 Å². The van der Waals surface area contributed by atoms with Crippen molar-refractivity contribution in [2.45, 2.75) is 19.4 Å². The number of hydrogen-bond acceptors (Lipinski definition) is 2. The maximum Gasteiger partial charge on any atom is 0.112 e. The zero-order valence-corrected chi connectivity index (χ0v) is 6.55. The number of morpholine rings is 1. The summed E-state index contributed by atoms with van der Waals surface area (Å²) < 4.78 is 5.37. The highest BCUT2D eigenvalue weighted by atomic mass is 32.1. The number of nitrogens with one attached hydrogen (secondary N) is 1. The van der Waals surface area contributed by atoms with E-state index in [9.17, 15) is 0 Å². The molecule has 1 heterocycles. The molecule has 0 amide bonds. The molecule has 0 radical (unpaired) electrons. The molecule has 1 aliphatic rings. The molecule has 52 valence electrons. The molecule has 0 aromatic rings. The van der Waals surface area contributed by atoms with Gasteiger partial charge in [0, 0.05) is 6.54 Å². The van der Waals surface area contributed by atoms with E-state index in [4.69, 9.17) is 17.0 Å². The summed E-state index contributed by atoms with van der Waals surface area (Å²) >= 11 is 5.01. The minimum Gasteiger partial charge on any atom is -0.375 e. The van der Waals surface area contributed by atoms with Gasteiger partial charge in [0.1, 0.15) is 10.6 Å². The summed E-state index contributed by atoms with van der Waals surface area (Å²) in [4.78, 5) is 0.814. The number of hydrogen-bond donors (Lipinski definition) is 1. The summed E-state index contributed by atoms with van der Waals surface area (Å²) in [5.74, 6) is 0. The fourth-order valence-electron chi connectivity index (χ4n) is 0.749. The summed E-state index contributed by atoms with van der Waals surface area (Å²) in [5.41, 5.74) is -0.242. The second-order valence-electron chi connectivity index (χ2n) is 2.61. The Hall–Kier alpha value is -0.150. The Balaban J connectivity index is 2.60. The Labute approximate surface area is 60.6 Å². The second-order valence-corrected chi connectivity index (χ2v) is 3.02. The fraction of sp³-hybridized carbons (Fsp3) is 0.833. The van der Waals surface area contributed by atoms with Gasteiger partial charge in [-0.15, -0.1) is 0 Å². The lowest BCUT2D eigenvalue weighted by Crippen LogP contribution is -2.49. The molecule has 3 heteroatoms. The highest BCUT2D eigenvalue weighted by Crippen LogP contribution is 2.12. The molecule has 9 heavy (non-hydrogen) atoms. The van der Waals surface area contributed by atoms with E-state index in [1.165, 1.54) is 0 Å². The van der Waals surface area contributed by atoms with E-state index in [1.807, 2.05) is 13.8 Å². The van der Waals surface area contributed by atoms with Gasteiger partial charge in [-0.25, -0.2) is 0 Å². The predicted octanol–water partition coefficient (Wildman–Crippen LogP) is 0.712. The molecule has 1 fully saturated rings. The Morgan fingerprint density at radius 2 is 2.33 bits per heavy atom. The van der Waals surface area contributed by atoms with Gasteiger partial charge in [-0.2, -0.15) is 0 Å². The quantitative estimate of drug-likeness (QED) is 0.507.